The first-order valence-electron chi connectivity index (χ1n) is 9.16. The first-order valence-corrected chi connectivity index (χ1v) is 9.16. The highest BCUT2D eigenvalue weighted by Gasteiger charge is 2.21. The quantitative estimate of drug-likeness (QED) is 0.806. The van der Waals surface area contributed by atoms with Gasteiger partial charge in [0.25, 0.3) is 0 Å². The average Bonchev–Trinajstić information content (AvgIpc) is 3.24. The fourth-order valence-corrected chi connectivity index (χ4v) is 3.44. The lowest BCUT2D eigenvalue weighted by molar-refractivity contribution is 0.114. The number of aryl methyl sites for hydroxylation is 1. The lowest BCUT2D eigenvalue weighted by Gasteiger charge is -2.15. The zero-order chi connectivity index (χ0) is 17.6. The molecule has 0 saturated heterocycles. The summed E-state index contributed by atoms with van der Waals surface area (Å²) in [6.45, 7) is 1.89. The topological polar surface area (TPSA) is 76.7 Å². The normalized spacial score (nSPS) is 18.1. The summed E-state index contributed by atoms with van der Waals surface area (Å²) in [6, 6.07) is 5.36. The van der Waals surface area contributed by atoms with Crippen molar-refractivity contribution in [2.24, 2.45) is 0 Å². The van der Waals surface area contributed by atoms with E-state index < -0.39 is 12.2 Å². The maximum absolute atomic E-state index is 12.0. The molecular weight excluding hydrogens is 320 g/mol. The minimum absolute atomic E-state index is 0.0167. The third kappa shape index (κ3) is 5.11. The minimum Gasteiger partial charge on any atom is -0.446 e. The molecule has 6 nitrogen and oxygen atoms in total. The van der Waals surface area contributed by atoms with Crippen LogP contribution in [0.3, 0.4) is 0 Å². The molecule has 25 heavy (non-hydrogen) atoms. The van der Waals surface area contributed by atoms with Crippen molar-refractivity contribution in [1.29, 1.82) is 0 Å². The van der Waals surface area contributed by atoms with Crippen LogP contribution in [0, 0.1) is 6.92 Å². The molecule has 2 aliphatic rings. The number of hydrogen-bond acceptors (Lipinski definition) is 4. The van der Waals surface area contributed by atoms with Crippen molar-refractivity contribution >= 4 is 23.6 Å². The van der Waals surface area contributed by atoms with Crippen LogP contribution in [0.5, 0.6) is 0 Å². The molecule has 0 bridgehead atoms. The van der Waals surface area contributed by atoms with E-state index in [2.05, 4.69) is 10.6 Å². The molecular formula is C19H26N2O4. The zero-order valence-corrected chi connectivity index (χ0v) is 14.7. The third-order valence-corrected chi connectivity index (χ3v) is 4.87. The molecule has 0 spiro atoms. The maximum atomic E-state index is 12.0. The van der Waals surface area contributed by atoms with Gasteiger partial charge in [0.2, 0.25) is 0 Å². The van der Waals surface area contributed by atoms with Crippen LogP contribution in [0.4, 0.5) is 21.0 Å². The first-order chi connectivity index (χ1) is 12.1. The van der Waals surface area contributed by atoms with E-state index in [1.165, 1.54) is 0 Å². The van der Waals surface area contributed by atoms with Crippen molar-refractivity contribution in [3.8, 4) is 0 Å². The summed E-state index contributed by atoms with van der Waals surface area (Å²) in [4.78, 5) is 24.0. The number of rotatable bonds is 4. The summed E-state index contributed by atoms with van der Waals surface area (Å²) in [6.07, 6.45) is 7.31. The SMILES string of the molecule is Cc1ccc(NC(=O)OC2CCCC2)cc1NC(=O)OC1CCCC1. The number of ether oxygens (including phenoxy) is 2. The van der Waals surface area contributed by atoms with Gasteiger partial charge in [-0.05, 0) is 76.0 Å². The van der Waals surface area contributed by atoms with Gasteiger partial charge in [0.05, 0.1) is 0 Å². The van der Waals surface area contributed by atoms with Gasteiger partial charge in [-0.1, -0.05) is 6.07 Å². The Morgan fingerprint density at radius 3 is 1.96 bits per heavy atom. The molecule has 0 unspecified atom stereocenters. The van der Waals surface area contributed by atoms with Gasteiger partial charge in [0.15, 0.2) is 0 Å². The molecule has 0 heterocycles. The van der Waals surface area contributed by atoms with E-state index in [-0.39, 0.29) is 12.2 Å². The summed E-state index contributed by atoms with van der Waals surface area (Å²) in [7, 11) is 0. The summed E-state index contributed by atoms with van der Waals surface area (Å²) in [5.41, 5.74) is 2.12. The molecule has 6 heteroatoms. The molecule has 0 aliphatic heterocycles. The van der Waals surface area contributed by atoms with Crippen molar-refractivity contribution < 1.29 is 19.1 Å². The largest absolute Gasteiger partial charge is 0.446 e. The fraction of sp³-hybridized carbons (Fsp3) is 0.579. The Bertz CT molecular complexity index is 620. The summed E-state index contributed by atoms with van der Waals surface area (Å²) in [5.74, 6) is 0. The number of nitrogens with one attached hydrogen (secondary N) is 2. The number of anilines is 2. The number of amides is 2. The molecule has 0 radical (unpaired) electrons. The number of hydrogen-bond donors (Lipinski definition) is 2. The van der Waals surface area contributed by atoms with Crippen molar-refractivity contribution in [1.82, 2.24) is 0 Å². The van der Waals surface area contributed by atoms with Crippen LogP contribution < -0.4 is 10.6 Å². The van der Waals surface area contributed by atoms with E-state index in [1.807, 2.05) is 13.0 Å². The Hall–Kier alpha value is -2.24. The van der Waals surface area contributed by atoms with Gasteiger partial charge in [0, 0.05) is 11.4 Å². The van der Waals surface area contributed by atoms with E-state index in [0.29, 0.717) is 11.4 Å². The summed E-state index contributed by atoms with van der Waals surface area (Å²) >= 11 is 0. The van der Waals surface area contributed by atoms with Crippen LogP contribution >= 0.6 is 0 Å². The van der Waals surface area contributed by atoms with Crippen LogP contribution in [0.2, 0.25) is 0 Å². The predicted molar refractivity (Wildman–Crippen MR) is 95.9 cm³/mol. The second-order valence-electron chi connectivity index (χ2n) is 6.90. The molecule has 1 aromatic carbocycles. The molecule has 2 fully saturated rings. The van der Waals surface area contributed by atoms with Crippen molar-refractivity contribution in [3.05, 3.63) is 23.8 Å². The number of carbonyl (C=O) groups is 2. The van der Waals surface area contributed by atoms with E-state index in [1.54, 1.807) is 12.1 Å². The van der Waals surface area contributed by atoms with Gasteiger partial charge in [0.1, 0.15) is 12.2 Å². The highest BCUT2D eigenvalue weighted by Crippen LogP contribution is 2.25. The van der Waals surface area contributed by atoms with E-state index in [0.717, 1.165) is 56.9 Å². The molecule has 136 valence electrons. The van der Waals surface area contributed by atoms with Crippen LogP contribution in [-0.4, -0.2) is 24.4 Å². The molecule has 1 aromatic rings. The van der Waals surface area contributed by atoms with Gasteiger partial charge >= 0.3 is 12.2 Å². The number of carbonyl (C=O) groups excluding carboxylic acids is 2. The molecule has 3 rings (SSSR count). The van der Waals surface area contributed by atoms with Gasteiger partial charge in [-0.15, -0.1) is 0 Å². The second kappa shape index (κ2) is 8.23. The van der Waals surface area contributed by atoms with E-state index >= 15 is 0 Å². The van der Waals surface area contributed by atoms with Gasteiger partial charge in [-0.25, -0.2) is 9.59 Å². The maximum Gasteiger partial charge on any atom is 0.411 e. The summed E-state index contributed by atoms with van der Waals surface area (Å²) in [5, 5.41) is 5.50. The second-order valence-corrected chi connectivity index (χ2v) is 6.90. The average molecular weight is 346 g/mol. The molecule has 2 N–H and O–H groups in total. The number of benzene rings is 1. The smallest absolute Gasteiger partial charge is 0.411 e. The zero-order valence-electron chi connectivity index (χ0n) is 14.7. The standard InChI is InChI=1S/C19H26N2O4/c1-13-10-11-14(20-18(22)24-15-6-2-3-7-15)12-17(13)21-19(23)25-16-8-4-5-9-16/h10-12,15-16H,2-9H2,1H3,(H,20,22)(H,21,23). The Labute approximate surface area is 148 Å². The van der Waals surface area contributed by atoms with Crippen LogP contribution in [0.25, 0.3) is 0 Å². The van der Waals surface area contributed by atoms with Crippen molar-refractivity contribution in [2.75, 3.05) is 10.6 Å². The van der Waals surface area contributed by atoms with E-state index in [4.69, 9.17) is 9.47 Å². The van der Waals surface area contributed by atoms with Crippen LogP contribution in [0.1, 0.15) is 56.9 Å². The molecule has 2 amide bonds. The first kappa shape index (κ1) is 17.6. The lowest BCUT2D eigenvalue weighted by Crippen LogP contribution is -2.21. The Kier molecular flexibility index (Phi) is 5.79. The highest BCUT2D eigenvalue weighted by molar-refractivity contribution is 5.89. The fourth-order valence-electron chi connectivity index (χ4n) is 3.44. The lowest BCUT2D eigenvalue weighted by atomic mass is 10.2. The predicted octanol–water partition coefficient (Wildman–Crippen LogP) is 4.98. The molecule has 0 aromatic heterocycles. The monoisotopic (exact) mass is 346 g/mol. The third-order valence-electron chi connectivity index (χ3n) is 4.87. The Morgan fingerprint density at radius 1 is 0.880 bits per heavy atom. The highest BCUT2D eigenvalue weighted by atomic mass is 16.6. The minimum atomic E-state index is -0.449. The Balaban J connectivity index is 1.55. The van der Waals surface area contributed by atoms with Crippen LogP contribution in [0.15, 0.2) is 18.2 Å². The van der Waals surface area contributed by atoms with E-state index in [9.17, 15) is 9.59 Å². The van der Waals surface area contributed by atoms with Crippen molar-refractivity contribution in [2.45, 2.75) is 70.5 Å². The Morgan fingerprint density at radius 2 is 1.40 bits per heavy atom. The van der Waals surface area contributed by atoms with Gasteiger partial charge < -0.3 is 9.47 Å². The van der Waals surface area contributed by atoms with Gasteiger partial charge in [-0.3, -0.25) is 10.6 Å². The van der Waals surface area contributed by atoms with Crippen LogP contribution in [-0.2, 0) is 9.47 Å². The molecule has 2 aliphatic carbocycles. The van der Waals surface area contributed by atoms with Gasteiger partial charge in [-0.2, -0.15) is 0 Å². The summed E-state index contributed by atoms with van der Waals surface area (Å²) < 4.78 is 10.8. The van der Waals surface area contributed by atoms with Crippen molar-refractivity contribution in [3.63, 3.8) is 0 Å². The molecule has 0 atom stereocenters. The molecule has 2 saturated carbocycles.